The van der Waals surface area contributed by atoms with Crippen molar-refractivity contribution in [2.45, 2.75) is 5.38 Å². The smallest absolute Gasteiger partial charge is 0.124 e. The van der Waals surface area contributed by atoms with E-state index in [1.165, 1.54) is 12.1 Å². The van der Waals surface area contributed by atoms with Gasteiger partial charge in [-0.1, -0.05) is 36.4 Å². The summed E-state index contributed by atoms with van der Waals surface area (Å²) in [6.07, 6.45) is 0. The van der Waals surface area contributed by atoms with Gasteiger partial charge < -0.3 is 0 Å². The molecule has 0 N–H and O–H groups in total. The Kier molecular flexibility index (Phi) is 3.82. The molecule has 16 heavy (non-hydrogen) atoms. The van der Waals surface area contributed by atoms with Crippen molar-refractivity contribution in [3.63, 3.8) is 0 Å². The minimum atomic E-state index is -0.231. The van der Waals surface area contributed by atoms with Crippen LogP contribution in [0.25, 0.3) is 0 Å². The molecule has 0 saturated heterocycles. The van der Waals surface area contributed by atoms with Crippen LogP contribution in [0.3, 0.4) is 0 Å². The Morgan fingerprint density at radius 1 is 1.06 bits per heavy atom. The van der Waals surface area contributed by atoms with E-state index in [1.807, 2.05) is 30.3 Å². The minimum Gasteiger partial charge on any atom is -0.207 e. The molecule has 0 spiro atoms. The normalized spacial score (nSPS) is 12.4. The molecule has 2 aromatic carbocycles. The molecular weight excluding hydrogens is 337 g/mol. The predicted molar refractivity (Wildman–Crippen MR) is 73.3 cm³/mol. The lowest BCUT2D eigenvalue weighted by Gasteiger charge is -2.12. The third kappa shape index (κ3) is 2.55. The van der Waals surface area contributed by atoms with E-state index in [0.29, 0.717) is 0 Å². The first-order chi connectivity index (χ1) is 7.68. The molecule has 0 fully saturated rings. The van der Waals surface area contributed by atoms with Crippen molar-refractivity contribution in [2.24, 2.45) is 0 Å². The third-order valence-corrected chi connectivity index (χ3v) is 3.75. The van der Waals surface area contributed by atoms with E-state index < -0.39 is 0 Å². The lowest BCUT2D eigenvalue weighted by Crippen LogP contribution is -1.96. The Morgan fingerprint density at radius 3 is 2.38 bits per heavy atom. The zero-order chi connectivity index (χ0) is 11.5. The molecule has 0 aliphatic heterocycles. The molecule has 0 saturated carbocycles. The summed E-state index contributed by atoms with van der Waals surface area (Å²) in [5.74, 6) is -0.231. The molecule has 0 aliphatic carbocycles. The third-order valence-electron chi connectivity index (χ3n) is 2.33. The van der Waals surface area contributed by atoms with Crippen molar-refractivity contribution in [1.82, 2.24) is 0 Å². The van der Waals surface area contributed by atoms with Crippen LogP contribution in [-0.4, -0.2) is 0 Å². The van der Waals surface area contributed by atoms with Crippen LogP contribution >= 0.6 is 34.2 Å². The second kappa shape index (κ2) is 5.15. The van der Waals surface area contributed by atoms with Crippen molar-refractivity contribution < 1.29 is 4.39 Å². The molecule has 2 aromatic rings. The molecule has 0 nitrogen and oxygen atoms in total. The van der Waals surface area contributed by atoms with Gasteiger partial charge >= 0.3 is 0 Å². The maximum Gasteiger partial charge on any atom is 0.124 e. The van der Waals surface area contributed by atoms with Crippen molar-refractivity contribution in [3.8, 4) is 0 Å². The van der Waals surface area contributed by atoms with Crippen LogP contribution in [0.15, 0.2) is 48.5 Å². The van der Waals surface area contributed by atoms with Gasteiger partial charge in [0.2, 0.25) is 0 Å². The van der Waals surface area contributed by atoms with Crippen LogP contribution in [0.1, 0.15) is 16.5 Å². The Bertz CT molecular complexity index is 485. The average Bonchev–Trinajstić information content (AvgIpc) is 2.29. The number of benzene rings is 2. The van der Waals surface area contributed by atoms with Gasteiger partial charge in [0.05, 0.1) is 5.38 Å². The van der Waals surface area contributed by atoms with E-state index in [0.717, 1.165) is 14.7 Å². The van der Waals surface area contributed by atoms with E-state index in [9.17, 15) is 4.39 Å². The van der Waals surface area contributed by atoms with Crippen LogP contribution in [0.4, 0.5) is 4.39 Å². The van der Waals surface area contributed by atoms with Gasteiger partial charge in [0.25, 0.3) is 0 Å². The second-order valence-electron chi connectivity index (χ2n) is 3.44. The molecule has 0 bridgehead atoms. The van der Waals surface area contributed by atoms with Crippen LogP contribution in [-0.2, 0) is 0 Å². The summed E-state index contributed by atoms with van der Waals surface area (Å²) >= 11 is 8.47. The fourth-order valence-corrected chi connectivity index (χ4v) is 2.82. The number of hydrogen-bond donors (Lipinski definition) is 0. The summed E-state index contributed by atoms with van der Waals surface area (Å²) in [7, 11) is 0. The highest BCUT2D eigenvalue weighted by molar-refractivity contribution is 14.1. The molecule has 82 valence electrons. The van der Waals surface area contributed by atoms with E-state index >= 15 is 0 Å². The number of alkyl halides is 1. The van der Waals surface area contributed by atoms with Gasteiger partial charge in [0.1, 0.15) is 5.82 Å². The molecule has 3 heteroatoms. The first-order valence-electron chi connectivity index (χ1n) is 4.82. The predicted octanol–water partition coefficient (Wildman–Crippen LogP) is 4.76. The topological polar surface area (TPSA) is 0 Å². The second-order valence-corrected chi connectivity index (χ2v) is 5.04. The molecule has 2 rings (SSSR count). The molecule has 1 unspecified atom stereocenters. The van der Waals surface area contributed by atoms with Crippen LogP contribution in [0.2, 0.25) is 0 Å². The highest BCUT2D eigenvalue weighted by Crippen LogP contribution is 2.31. The number of rotatable bonds is 2. The van der Waals surface area contributed by atoms with Gasteiger partial charge in [-0.2, -0.15) is 0 Å². The molecule has 0 amide bonds. The summed E-state index contributed by atoms with van der Waals surface area (Å²) in [5, 5.41) is -0.228. The van der Waals surface area contributed by atoms with Crippen molar-refractivity contribution in [3.05, 3.63) is 69.0 Å². The van der Waals surface area contributed by atoms with Crippen molar-refractivity contribution in [2.75, 3.05) is 0 Å². The Balaban J connectivity index is 2.38. The lowest BCUT2D eigenvalue weighted by molar-refractivity contribution is 0.626. The fraction of sp³-hybridized carbons (Fsp3) is 0.0769. The maximum atomic E-state index is 13.0. The van der Waals surface area contributed by atoms with Crippen LogP contribution in [0.5, 0.6) is 0 Å². The fourth-order valence-electron chi connectivity index (χ4n) is 1.51. The summed E-state index contributed by atoms with van der Waals surface area (Å²) in [6, 6.07) is 14.4. The summed E-state index contributed by atoms with van der Waals surface area (Å²) < 4.78 is 13.8. The molecule has 0 heterocycles. The van der Waals surface area contributed by atoms with Gasteiger partial charge in [-0.3, -0.25) is 0 Å². The van der Waals surface area contributed by atoms with E-state index in [4.69, 9.17) is 11.6 Å². The largest absolute Gasteiger partial charge is 0.207 e. The molecule has 0 aliphatic rings. The van der Waals surface area contributed by atoms with Gasteiger partial charge in [0.15, 0.2) is 0 Å². The molecule has 1 atom stereocenters. The lowest BCUT2D eigenvalue weighted by atomic mass is 10.0. The number of hydrogen-bond acceptors (Lipinski definition) is 0. The molecular formula is C13H9ClFI. The first-order valence-corrected chi connectivity index (χ1v) is 6.34. The van der Waals surface area contributed by atoms with E-state index in [1.54, 1.807) is 6.07 Å². The summed E-state index contributed by atoms with van der Waals surface area (Å²) in [4.78, 5) is 0. The average molecular weight is 347 g/mol. The van der Waals surface area contributed by atoms with Crippen LogP contribution in [0, 0.1) is 9.39 Å². The minimum absolute atomic E-state index is 0.228. The highest BCUT2D eigenvalue weighted by atomic mass is 127. The van der Waals surface area contributed by atoms with Gasteiger partial charge in [-0.15, -0.1) is 11.6 Å². The highest BCUT2D eigenvalue weighted by Gasteiger charge is 2.13. The number of halogens is 3. The van der Waals surface area contributed by atoms with Gasteiger partial charge in [-0.25, -0.2) is 4.39 Å². The standard InChI is InChI=1S/C13H9ClFI/c14-13(9-4-2-1-3-5-9)11-7-6-10(15)8-12(11)16/h1-8,13H. The quantitative estimate of drug-likeness (QED) is 0.543. The van der Waals surface area contributed by atoms with Crippen LogP contribution < -0.4 is 0 Å². The van der Waals surface area contributed by atoms with E-state index in [2.05, 4.69) is 22.6 Å². The maximum absolute atomic E-state index is 13.0. The summed E-state index contributed by atoms with van der Waals surface area (Å²) in [6.45, 7) is 0. The Labute approximate surface area is 113 Å². The molecule has 0 aromatic heterocycles. The van der Waals surface area contributed by atoms with Gasteiger partial charge in [-0.05, 0) is 45.9 Å². The monoisotopic (exact) mass is 346 g/mol. The SMILES string of the molecule is Fc1ccc(C(Cl)c2ccccc2)c(I)c1. The zero-order valence-electron chi connectivity index (χ0n) is 8.33. The van der Waals surface area contributed by atoms with Crippen molar-refractivity contribution in [1.29, 1.82) is 0 Å². The first kappa shape index (κ1) is 11.9. The summed E-state index contributed by atoms with van der Waals surface area (Å²) in [5.41, 5.74) is 1.96. The Morgan fingerprint density at radius 2 is 1.75 bits per heavy atom. The molecule has 0 radical (unpaired) electrons. The van der Waals surface area contributed by atoms with E-state index in [-0.39, 0.29) is 11.2 Å². The Hall–Kier alpha value is -0.610. The zero-order valence-corrected chi connectivity index (χ0v) is 11.2. The van der Waals surface area contributed by atoms with Gasteiger partial charge in [0, 0.05) is 3.57 Å². The van der Waals surface area contributed by atoms with Crippen molar-refractivity contribution >= 4 is 34.2 Å².